The van der Waals surface area contributed by atoms with E-state index in [1.54, 1.807) is 0 Å². The van der Waals surface area contributed by atoms with Gasteiger partial charge in [-0.15, -0.1) is 0 Å². The first-order chi connectivity index (χ1) is 7.75. The van der Waals surface area contributed by atoms with Crippen molar-refractivity contribution in [2.24, 2.45) is 5.92 Å². The molecule has 1 aliphatic heterocycles. The van der Waals surface area contributed by atoms with Crippen LogP contribution in [-0.4, -0.2) is 49.6 Å². The monoisotopic (exact) mass is 222 g/mol. The van der Waals surface area contributed by atoms with Gasteiger partial charge in [-0.1, -0.05) is 12.2 Å². The highest BCUT2D eigenvalue weighted by molar-refractivity contribution is 4.98. The van der Waals surface area contributed by atoms with Crippen molar-refractivity contribution in [2.45, 2.75) is 38.1 Å². The number of nitrogens with zero attached hydrogens (tertiary/aromatic N) is 2. The molecule has 0 spiro atoms. The predicted octanol–water partition coefficient (Wildman–Crippen LogP) is 2.37. The highest BCUT2D eigenvalue weighted by Gasteiger charge is 2.21. The molecule has 92 valence electrons. The molecule has 2 nitrogen and oxygen atoms in total. The highest BCUT2D eigenvalue weighted by Crippen LogP contribution is 2.21. The Bertz CT molecular complexity index is 229. The van der Waals surface area contributed by atoms with Crippen molar-refractivity contribution < 1.29 is 0 Å². The Balaban J connectivity index is 1.75. The van der Waals surface area contributed by atoms with Crippen molar-refractivity contribution in [1.29, 1.82) is 0 Å². The second kappa shape index (κ2) is 5.83. The van der Waals surface area contributed by atoms with E-state index in [0.29, 0.717) is 6.04 Å². The molecular weight excluding hydrogens is 196 g/mol. The zero-order valence-electron chi connectivity index (χ0n) is 10.9. The number of hydrogen-bond donors (Lipinski definition) is 0. The fourth-order valence-electron chi connectivity index (χ4n) is 2.95. The normalized spacial score (nSPS) is 28.8. The second-order valence-electron chi connectivity index (χ2n) is 5.61. The van der Waals surface area contributed by atoms with Crippen molar-refractivity contribution in [3.8, 4) is 0 Å². The molecule has 0 amide bonds. The van der Waals surface area contributed by atoms with Gasteiger partial charge in [0.05, 0.1) is 0 Å². The lowest BCUT2D eigenvalue weighted by Crippen LogP contribution is -2.39. The fraction of sp³-hybridized carbons (Fsp3) is 0.857. The zero-order chi connectivity index (χ0) is 11.4. The van der Waals surface area contributed by atoms with Gasteiger partial charge in [0.25, 0.3) is 0 Å². The molecule has 0 aromatic carbocycles. The molecule has 1 heterocycles. The van der Waals surface area contributed by atoms with E-state index < -0.39 is 0 Å². The van der Waals surface area contributed by atoms with Crippen molar-refractivity contribution in [1.82, 2.24) is 9.80 Å². The maximum Gasteiger partial charge on any atom is 0.0275 e. The van der Waals surface area contributed by atoms with Gasteiger partial charge in [0.15, 0.2) is 0 Å². The Labute approximate surface area is 100 Å². The Hall–Kier alpha value is -0.340. The lowest BCUT2D eigenvalue weighted by atomic mass is 9.94. The van der Waals surface area contributed by atoms with Gasteiger partial charge in [-0.3, -0.25) is 4.90 Å². The molecule has 0 aromatic rings. The zero-order valence-corrected chi connectivity index (χ0v) is 10.9. The average Bonchev–Trinajstić information content (AvgIpc) is 2.33. The van der Waals surface area contributed by atoms with E-state index in [1.807, 2.05) is 0 Å². The summed E-state index contributed by atoms with van der Waals surface area (Å²) in [6, 6.07) is 0.716. The summed E-state index contributed by atoms with van der Waals surface area (Å²) in [5.74, 6) is 0.927. The van der Waals surface area contributed by atoms with Crippen LogP contribution in [0, 0.1) is 5.92 Å². The molecule has 1 atom stereocenters. The van der Waals surface area contributed by atoms with Gasteiger partial charge in [-0.2, -0.15) is 0 Å². The Morgan fingerprint density at radius 3 is 2.62 bits per heavy atom. The Morgan fingerprint density at radius 1 is 1.25 bits per heavy atom. The lowest BCUT2D eigenvalue weighted by Gasteiger charge is -2.35. The van der Waals surface area contributed by atoms with E-state index in [1.165, 1.54) is 51.7 Å². The first-order valence-electron chi connectivity index (χ1n) is 6.81. The molecule has 0 radical (unpaired) electrons. The standard InChI is InChI=1S/C14H26N2/c1-15-10-8-13(9-11-15)12-16(2)14-6-4-3-5-7-14/h4,6,13-14H,3,5,7-12H2,1-2H3/t14-/m1/s1. The van der Waals surface area contributed by atoms with Crippen LogP contribution in [0.3, 0.4) is 0 Å². The average molecular weight is 222 g/mol. The molecule has 2 aliphatic rings. The van der Waals surface area contributed by atoms with Crippen LogP contribution in [0.4, 0.5) is 0 Å². The van der Waals surface area contributed by atoms with Gasteiger partial charge in [-0.25, -0.2) is 0 Å². The van der Waals surface area contributed by atoms with Gasteiger partial charge in [0.1, 0.15) is 0 Å². The van der Waals surface area contributed by atoms with Crippen molar-refractivity contribution >= 4 is 0 Å². The molecule has 1 fully saturated rings. The van der Waals surface area contributed by atoms with E-state index in [0.717, 1.165) is 5.92 Å². The molecule has 0 unspecified atom stereocenters. The summed E-state index contributed by atoms with van der Waals surface area (Å²) in [5, 5.41) is 0. The van der Waals surface area contributed by atoms with E-state index in [2.05, 4.69) is 36.0 Å². The molecular formula is C14H26N2. The van der Waals surface area contributed by atoms with E-state index in [9.17, 15) is 0 Å². The highest BCUT2D eigenvalue weighted by atomic mass is 15.1. The summed E-state index contributed by atoms with van der Waals surface area (Å²) in [4.78, 5) is 5.03. The quantitative estimate of drug-likeness (QED) is 0.676. The van der Waals surface area contributed by atoms with Gasteiger partial charge in [0, 0.05) is 12.6 Å². The second-order valence-corrected chi connectivity index (χ2v) is 5.61. The van der Waals surface area contributed by atoms with Crippen LogP contribution in [0.25, 0.3) is 0 Å². The molecule has 1 saturated heterocycles. The van der Waals surface area contributed by atoms with Crippen molar-refractivity contribution in [2.75, 3.05) is 33.7 Å². The van der Waals surface area contributed by atoms with Crippen molar-refractivity contribution in [3.05, 3.63) is 12.2 Å². The number of allylic oxidation sites excluding steroid dienone is 1. The van der Waals surface area contributed by atoms with Crippen LogP contribution in [0.2, 0.25) is 0 Å². The molecule has 0 aromatic heterocycles. The molecule has 1 aliphatic carbocycles. The summed E-state index contributed by atoms with van der Waals surface area (Å²) in [6.45, 7) is 3.88. The van der Waals surface area contributed by atoms with Crippen LogP contribution in [0.5, 0.6) is 0 Å². The summed E-state index contributed by atoms with van der Waals surface area (Å²) >= 11 is 0. The van der Waals surface area contributed by atoms with Crippen molar-refractivity contribution in [3.63, 3.8) is 0 Å². The molecule has 0 bridgehead atoms. The van der Waals surface area contributed by atoms with Crippen LogP contribution < -0.4 is 0 Å². The maximum atomic E-state index is 2.58. The van der Waals surface area contributed by atoms with Gasteiger partial charge >= 0.3 is 0 Å². The summed E-state index contributed by atoms with van der Waals surface area (Å²) < 4.78 is 0. The van der Waals surface area contributed by atoms with Gasteiger partial charge < -0.3 is 4.90 Å². The number of likely N-dealkylation sites (tertiary alicyclic amines) is 1. The van der Waals surface area contributed by atoms with Crippen LogP contribution in [0.1, 0.15) is 32.1 Å². The lowest BCUT2D eigenvalue weighted by molar-refractivity contribution is 0.157. The third kappa shape index (κ3) is 3.33. The summed E-state index contributed by atoms with van der Waals surface area (Å²) in [6.07, 6.45) is 11.6. The molecule has 0 saturated carbocycles. The minimum atomic E-state index is 0.716. The Morgan fingerprint density at radius 2 is 2.00 bits per heavy atom. The molecule has 0 N–H and O–H groups in total. The van der Waals surface area contributed by atoms with Crippen LogP contribution >= 0.6 is 0 Å². The first-order valence-corrected chi connectivity index (χ1v) is 6.81. The maximum absolute atomic E-state index is 2.58. The number of likely N-dealkylation sites (N-methyl/N-ethyl adjacent to an activating group) is 1. The smallest absolute Gasteiger partial charge is 0.0275 e. The molecule has 16 heavy (non-hydrogen) atoms. The first kappa shape index (κ1) is 12.1. The minimum absolute atomic E-state index is 0.716. The fourth-order valence-corrected chi connectivity index (χ4v) is 2.95. The third-order valence-corrected chi connectivity index (χ3v) is 4.18. The Kier molecular flexibility index (Phi) is 4.42. The SMILES string of the molecule is CN1CCC(CN(C)[C@@H]2C=CCCC2)CC1. The molecule has 2 heteroatoms. The number of hydrogen-bond acceptors (Lipinski definition) is 2. The summed E-state index contributed by atoms with van der Waals surface area (Å²) in [5.41, 5.74) is 0. The topological polar surface area (TPSA) is 6.48 Å². The van der Waals surface area contributed by atoms with E-state index >= 15 is 0 Å². The van der Waals surface area contributed by atoms with E-state index in [4.69, 9.17) is 0 Å². The number of piperidine rings is 1. The van der Waals surface area contributed by atoms with Crippen LogP contribution in [0.15, 0.2) is 12.2 Å². The third-order valence-electron chi connectivity index (χ3n) is 4.18. The molecule has 2 rings (SSSR count). The van der Waals surface area contributed by atoms with Gasteiger partial charge in [0.2, 0.25) is 0 Å². The minimum Gasteiger partial charge on any atom is -0.306 e. The van der Waals surface area contributed by atoms with E-state index in [-0.39, 0.29) is 0 Å². The van der Waals surface area contributed by atoms with Crippen LogP contribution in [-0.2, 0) is 0 Å². The predicted molar refractivity (Wildman–Crippen MR) is 69.6 cm³/mol. The largest absolute Gasteiger partial charge is 0.306 e. The van der Waals surface area contributed by atoms with Gasteiger partial charge in [-0.05, 0) is 65.2 Å². The number of rotatable bonds is 3. The summed E-state index contributed by atoms with van der Waals surface area (Å²) in [7, 11) is 4.54.